The molecule has 2 nitrogen and oxygen atoms in total. The van der Waals surface area contributed by atoms with Gasteiger partial charge in [0, 0.05) is 36.9 Å². The van der Waals surface area contributed by atoms with E-state index in [1.54, 1.807) is 0 Å². The summed E-state index contributed by atoms with van der Waals surface area (Å²) >= 11 is 24.9. The normalized spacial score (nSPS) is 11.6. The zero-order chi connectivity index (χ0) is 20.0. The molecule has 0 aliphatic heterocycles. The van der Waals surface area contributed by atoms with Crippen molar-refractivity contribution in [3.63, 3.8) is 0 Å². The molecule has 0 aliphatic carbocycles. The van der Waals surface area contributed by atoms with Crippen LogP contribution in [0.2, 0.25) is 0 Å². The minimum atomic E-state index is -0.614. The number of hydrogen-bond acceptors (Lipinski definition) is 2. The summed E-state index contributed by atoms with van der Waals surface area (Å²) in [5, 5.41) is 0. The number of halogens is 7. The molecule has 0 unspecified atom stereocenters. The maximum Gasteiger partial charge on any atom is 0.340 e. The lowest BCUT2D eigenvalue weighted by molar-refractivity contribution is 0.00692. The summed E-state index contributed by atoms with van der Waals surface area (Å²) in [6.45, 7) is 5.52. The molecule has 0 spiro atoms. The number of ether oxygens (including phenoxy) is 1. The molecule has 0 N–H and O–H groups in total. The van der Waals surface area contributed by atoms with Gasteiger partial charge in [0.05, 0.1) is 5.56 Å². The summed E-state index contributed by atoms with van der Waals surface area (Å²) in [7, 11) is 0. The van der Waals surface area contributed by atoms with Crippen LogP contribution in [0.15, 0.2) is 43.4 Å². The van der Waals surface area contributed by atoms with Crippen LogP contribution >= 0.6 is 112 Å². The molecule has 2 aromatic carbocycles. The van der Waals surface area contributed by atoms with Crippen molar-refractivity contribution in [1.29, 1.82) is 0 Å². The zero-order valence-corrected chi connectivity index (χ0v) is 24.7. The van der Waals surface area contributed by atoms with Gasteiger partial charge in [-0.2, -0.15) is 0 Å². The van der Waals surface area contributed by atoms with E-state index in [4.69, 9.17) is 4.74 Å². The third kappa shape index (κ3) is 4.87. The minimum Gasteiger partial charge on any atom is -0.456 e. The van der Waals surface area contributed by atoms with E-state index in [1.165, 1.54) is 0 Å². The topological polar surface area (TPSA) is 26.3 Å². The van der Waals surface area contributed by atoms with Crippen molar-refractivity contribution >= 4 is 117 Å². The fraction of sp³-hybridized carbons (Fsp3) is 0.235. The van der Waals surface area contributed by atoms with E-state index in [2.05, 4.69) is 112 Å². The summed E-state index contributed by atoms with van der Waals surface area (Å²) in [5.74, 6) is -0.417. The van der Waals surface area contributed by atoms with Gasteiger partial charge >= 0.3 is 5.97 Å². The van der Waals surface area contributed by atoms with Gasteiger partial charge in [-0.3, -0.25) is 0 Å². The average Bonchev–Trinajstić information content (AvgIpc) is 2.53. The molecule has 0 bridgehead atoms. The van der Waals surface area contributed by atoms with Crippen LogP contribution in [0.4, 0.5) is 0 Å². The van der Waals surface area contributed by atoms with E-state index in [0.29, 0.717) is 15.6 Å². The Hall–Kier alpha value is 1.27. The standard InChI is InChI=1S/C17H11Br7O2/c1-17(2,3)26-16(25)9-8(12(21)14(23)15(24)13(9)22)6-4-5-7(18)11(20)10(6)19/h4-5H,1-3H3. The molecule has 0 saturated carbocycles. The molecule has 140 valence electrons. The van der Waals surface area contributed by atoms with Crippen LogP contribution in [0.3, 0.4) is 0 Å². The highest BCUT2D eigenvalue weighted by Crippen LogP contribution is 2.49. The Morgan fingerprint density at radius 2 is 1.31 bits per heavy atom. The molecule has 9 heteroatoms. The Bertz CT molecular complexity index is 901. The second-order valence-electron chi connectivity index (χ2n) is 6.23. The van der Waals surface area contributed by atoms with E-state index >= 15 is 0 Å². The Kier molecular flexibility index (Phi) is 8.11. The molecule has 0 aliphatic rings. The van der Waals surface area contributed by atoms with E-state index in [0.717, 1.165) is 32.4 Å². The first kappa shape index (κ1) is 23.5. The Balaban J connectivity index is 2.89. The Morgan fingerprint density at radius 3 is 1.85 bits per heavy atom. The van der Waals surface area contributed by atoms with Crippen molar-refractivity contribution in [2.24, 2.45) is 0 Å². The first-order valence-electron chi connectivity index (χ1n) is 7.10. The average molecular weight is 807 g/mol. The molecule has 26 heavy (non-hydrogen) atoms. The number of benzene rings is 2. The second kappa shape index (κ2) is 8.96. The molecule has 2 aromatic rings. The van der Waals surface area contributed by atoms with Crippen LogP contribution in [0.1, 0.15) is 31.1 Å². The lowest BCUT2D eigenvalue weighted by Gasteiger charge is -2.23. The largest absolute Gasteiger partial charge is 0.456 e. The molecule has 2 rings (SSSR count). The number of carbonyl (C=O) groups excluding carboxylic acids is 1. The van der Waals surface area contributed by atoms with E-state index < -0.39 is 11.6 Å². The van der Waals surface area contributed by atoms with Crippen LogP contribution in [-0.4, -0.2) is 11.6 Å². The summed E-state index contributed by atoms with van der Waals surface area (Å²) in [6, 6.07) is 3.85. The van der Waals surface area contributed by atoms with Crippen molar-refractivity contribution in [3.05, 3.63) is 49.0 Å². The summed E-state index contributed by atoms with van der Waals surface area (Å²) in [4.78, 5) is 13.0. The number of esters is 1. The number of rotatable bonds is 2. The van der Waals surface area contributed by atoms with E-state index in [9.17, 15) is 4.79 Å². The molecule has 0 atom stereocenters. The molecule has 0 aromatic heterocycles. The summed E-state index contributed by atoms with van der Waals surface area (Å²) in [5.41, 5.74) is 1.36. The van der Waals surface area contributed by atoms with Gasteiger partial charge < -0.3 is 4.74 Å². The Labute approximate surface area is 211 Å². The predicted molar refractivity (Wildman–Crippen MR) is 131 cm³/mol. The first-order chi connectivity index (χ1) is 11.9. The monoisotopic (exact) mass is 800 g/mol. The molecule has 0 heterocycles. The van der Waals surface area contributed by atoms with Gasteiger partial charge in [0.1, 0.15) is 5.60 Å². The van der Waals surface area contributed by atoms with Gasteiger partial charge in [0.25, 0.3) is 0 Å². The third-order valence-electron chi connectivity index (χ3n) is 3.17. The molecular formula is C17H11Br7O2. The summed E-state index contributed by atoms with van der Waals surface area (Å²) < 4.78 is 11.1. The minimum absolute atomic E-state index is 0.417. The van der Waals surface area contributed by atoms with Crippen molar-refractivity contribution in [2.75, 3.05) is 0 Å². The highest BCUT2D eigenvalue weighted by Gasteiger charge is 2.29. The molecule has 0 saturated heterocycles. The highest BCUT2D eigenvalue weighted by molar-refractivity contribution is 9.15. The van der Waals surface area contributed by atoms with Crippen molar-refractivity contribution in [1.82, 2.24) is 0 Å². The van der Waals surface area contributed by atoms with Crippen molar-refractivity contribution in [3.8, 4) is 11.1 Å². The second-order valence-corrected chi connectivity index (χ2v) is 11.8. The van der Waals surface area contributed by atoms with Gasteiger partial charge in [-0.25, -0.2) is 4.79 Å². The Morgan fingerprint density at radius 1 is 0.769 bits per heavy atom. The quantitative estimate of drug-likeness (QED) is 0.172. The van der Waals surface area contributed by atoms with Crippen LogP contribution in [-0.2, 0) is 4.74 Å². The third-order valence-corrected chi connectivity index (χ3v) is 11.3. The van der Waals surface area contributed by atoms with Crippen molar-refractivity contribution in [2.45, 2.75) is 26.4 Å². The fourth-order valence-corrected chi connectivity index (χ4v) is 6.10. The van der Waals surface area contributed by atoms with Gasteiger partial charge in [-0.15, -0.1) is 0 Å². The molecular weight excluding hydrogens is 796 g/mol. The summed E-state index contributed by atoms with van der Waals surface area (Å²) in [6.07, 6.45) is 0. The molecule has 0 amide bonds. The highest BCUT2D eigenvalue weighted by atomic mass is 79.9. The predicted octanol–water partition coefficient (Wildman–Crippen LogP) is 9.65. The van der Waals surface area contributed by atoms with Crippen LogP contribution in [0.25, 0.3) is 11.1 Å². The smallest absolute Gasteiger partial charge is 0.340 e. The lowest BCUT2D eigenvalue weighted by Crippen LogP contribution is -2.24. The number of carbonyl (C=O) groups is 1. The van der Waals surface area contributed by atoms with E-state index in [-0.39, 0.29) is 0 Å². The van der Waals surface area contributed by atoms with Gasteiger partial charge in [-0.05, 0) is 144 Å². The molecule has 0 radical (unpaired) electrons. The van der Waals surface area contributed by atoms with Gasteiger partial charge in [-0.1, -0.05) is 6.07 Å². The maximum atomic E-state index is 13.0. The lowest BCUT2D eigenvalue weighted by atomic mass is 9.99. The van der Waals surface area contributed by atoms with E-state index in [1.807, 2.05) is 32.9 Å². The van der Waals surface area contributed by atoms with Crippen LogP contribution < -0.4 is 0 Å². The van der Waals surface area contributed by atoms with Crippen LogP contribution in [0, 0.1) is 0 Å². The number of hydrogen-bond donors (Lipinski definition) is 0. The first-order valence-corrected chi connectivity index (χ1v) is 12.6. The zero-order valence-electron chi connectivity index (χ0n) is 13.6. The van der Waals surface area contributed by atoms with Crippen LogP contribution in [0.5, 0.6) is 0 Å². The van der Waals surface area contributed by atoms with Crippen molar-refractivity contribution < 1.29 is 9.53 Å². The van der Waals surface area contributed by atoms with Gasteiger partial charge in [0.2, 0.25) is 0 Å². The SMILES string of the molecule is CC(C)(C)OC(=O)c1c(Br)c(Br)c(Br)c(Br)c1-c1ccc(Br)c(Br)c1Br. The maximum absolute atomic E-state index is 13.0. The van der Waals surface area contributed by atoms with Gasteiger partial charge in [0.15, 0.2) is 0 Å². The fourth-order valence-electron chi connectivity index (χ4n) is 2.12. The molecule has 0 fully saturated rings.